The average molecular weight is 317 g/mol. The summed E-state index contributed by atoms with van der Waals surface area (Å²) >= 11 is 11.7. The minimum Gasteiger partial charge on any atom is -0.491 e. The Bertz CT molecular complexity index is 478. The molecule has 1 amide bonds. The summed E-state index contributed by atoms with van der Waals surface area (Å²) in [6, 6.07) is 5.06. The van der Waals surface area contributed by atoms with E-state index in [1.165, 1.54) is 12.8 Å². The molecule has 0 saturated heterocycles. The molecule has 1 aliphatic carbocycles. The molecule has 0 spiro atoms. The standard InChI is InChI=1S/C14H18Cl2N2O2/c15-10-3-4-13(11(16)7-10)20-6-5-14(19)18-8-12(17)9-1-2-9/h3-4,7,9,12H,1-2,5-6,8,17H2,(H,18,19). The number of ether oxygens (including phenoxy) is 1. The molecule has 6 heteroatoms. The summed E-state index contributed by atoms with van der Waals surface area (Å²) in [4.78, 5) is 11.6. The van der Waals surface area contributed by atoms with Crippen LogP contribution in [0.2, 0.25) is 10.0 Å². The number of carbonyl (C=O) groups excluding carboxylic acids is 1. The Morgan fingerprint density at radius 3 is 2.85 bits per heavy atom. The highest BCUT2D eigenvalue weighted by atomic mass is 35.5. The van der Waals surface area contributed by atoms with Gasteiger partial charge in [-0.1, -0.05) is 23.2 Å². The average Bonchev–Trinajstić information content (AvgIpc) is 3.23. The van der Waals surface area contributed by atoms with Crippen LogP contribution in [0.5, 0.6) is 5.75 Å². The molecule has 20 heavy (non-hydrogen) atoms. The molecule has 110 valence electrons. The molecule has 3 N–H and O–H groups in total. The molecule has 1 aliphatic rings. The maximum atomic E-state index is 11.6. The van der Waals surface area contributed by atoms with Crippen LogP contribution >= 0.6 is 23.2 Å². The van der Waals surface area contributed by atoms with Gasteiger partial charge in [-0.05, 0) is 37.0 Å². The van der Waals surface area contributed by atoms with Crippen LogP contribution in [0, 0.1) is 5.92 Å². The zero-order valence-corrected chi connectivity index (χ0v) is 12.6. The summed E-state index contributed by atoms with van der Waals surface area (Å²) < 4.78 is 5.45. The monoisotopic (exact) mass is 316 g/mol. The third-order valence-corrected chi connectivity index (χ3v) is 3.77. The van der Waals surface area contributed by atoms with Gasteiger partial charge in [0.2, 0.25) is 5.91 Å². The molecule has 1 aromatic carbocycles. The van der Waals surface area contributed by atoms with Crippen LogP contribution in [0.25, 0.3) is 0 Å². The predicted molar refractivity (Wildman–Crippen MR) is 80.3 cm³/mol. The summed E-state index contributed by atoms with van der Waals surface area (Å²) in [5.74, 6) is 1.05. The fraction of sp³-hybridized carbons (Fsp3) is 0.500. The maximum absolute atomic E-state index is 11.6. The smallest absolute Gasteiger partial charge is 0.223 e. The Morgan fingerprint density at radius 2 is 2.20 bits per heavy atom. The molecule has 0 heterocycles. The van der Waals surface area contributed by atoms with Gasteiger partial charge in [-0.3, -0.25) is 4.79 Å². The number of benzene rings is 1. The van der Waals surface area contributed by atoms with Crippen molar-refractivity contribution in [2.45, 2.75) is 25.3 Å². The molecule has 0 aromatic heterocycles. The normalized spacial score (nSPS) is 15.8. The quantitative estimate of drug-likeness (QED) is 0.812. The van der Waals surface area contributed by atoms with E-state index in [2.05, 4.69) is 5.32 Å². The molecule has 1 saturated carbocycles. The molecule has 0 radical (unpaired) electrons. The second-order valence-electron chi connectivity index (χ2n) is 4.98. The van der Waals surface area contributed by atoms with Gasteiger partial charge in [-0.25, -0.2) is 0 Å². The highest BCUT2D eigenvalue weighted by Gasteiger charge is 2.28. The number of hydrogen-bond donors (Lipinski definition) is 2. The molecule has 0 aliphatic heterocycles. The second-order valence-corrected chi connectivity index (χ2v) is 5.82. The lowest BCUT2D eigenvalue weighted by atomic mass is 10.2. The SMILES string of the molecule is NC(CNC(=O)CCOc1ccc(Cl)cc1Cl)C1CC1. The van der Waals surface area contributed by atoms with Crippen molar-refractivity contribution >= 4 is 29.1 Å². The zero-order valence-electron chi connectivity index (χ0n) is 11.1. The Balaban J connectivity index is 1.65. The number of amides is 1. The van der Waals surface area contributed by atoms with Gasteiger partial charge in [0.15, 0.2) is 0 Å². The first-order valence-corrected chi connectivity index (χ1v) is 7.42. The van der Waals surface area contributed by atoms with Crippen LogP contribution in [0.15, 0.2) is 18.2 Å². The molecule has 1 aromatic rings. The Kier molecular flexibility index (Phi) is 5.52. The number of carbonyl (C=O) groups is 1. The number of nitrogens with two attached hydrogens (primary N) is 1. The first-order valence-electron chi connectivity index (χ1n) is 6.66. The van der Waals surface area contributed by atoms with Crippen LogP contribution in [0.1, 0.15) is 19.3 Å². The molecule has 2 rings (SSSR count). The third kappa shape index (κ3) is 4.85. The summed E-state index contributed by atoms with van der Waals surface area (Å²) in [5.41, 5.74) is 5.91. The molecule has 1 atom stereocenters. The van der Waals surface area contributed by atoms with Crippen molar-refractivity contribution in [3.05, 3.63) is 28.2 Å². The van der Waals surface area contributed by atoms with Crippen molar-refractivity contribution in [3.63, 3.8) is 0 Å². The summed E-state index contributed by atoms with van der Waals surface area (Å²) in [6.45, 7) is 0.803. The van der Waals surface area contributed by atoms with Crippen molar-refractivity contribution in [3.8, 4) is 5.75 Å². The maximum Gasteiger partial charge on any atom is 0.223 e. The van der Waals surface area contributed by atoms with Crippen LogP contribution in [0.3, 0.4) is 0 Å². The summed E-state index contributed by atoms with van der Waals surface area (Å²) in [6.07, 6.45) is 2.63. The third-order valence-electron chi connectivity index (χ3n) is 3.24. The first-order chi connectivity index (χ1) is 9.56. The highest BCUT2D eigenvalue weighted by Crippen LogP contribution is 2.31. The van der Waals surface area contributed by atoms with Crippen molar-refractivity contribution in [2.75, 3.05) is 13.2 Å². The molecule has 1 unspecified atom stereocenters. The van der Waals surface area contributed by atoms with E-state index < -0.39 is 0 Å². The van der Waals surface area contributed by atoms with Crippen molar-refractivity contribution < 1.29 is 9.53 Å². The van der Waals surface area contributed by atoms with Crippen LogP contribution < -0.4 is 15.8 Å². The number of rotatable bonds is 7. The second kappa shape index (κ2) is 7.16. The van der Waals surface area contributed by atoms with E-state index >= 15 is 0 Å². The lowest BCUT2D eigenvalue weighted by Gasteiger charge is -2.12. The number of hydrogen-bond acceptors (Lipinski definition) is 3. The van der Waals surface area contributed by atoms with Gasteiger partial charge < -0.3 is 15.8 Å². The van der Waals surface area contributed by atoms with Crippen LogP contribution in [-0.2, 0) is 4.79 Å². The van der Waals surface area contributed by atoms with Gasteiger partial charge >= 0.3 is 0 Å². The van der Waals surface area contributed by atoms with Crippen molar-refractivity contribution in [2.24, 2.45) is 11.7 Å². The molecule has 4 nitrogen and oxygen atoms in total. The summed E-state index contributed by atoms with van der Waals surface area (Å²) in [5, 5.41) is 3.80. The fourth-order valence-corrected chi connectivity index (χ4v) is 2.32. The molecular formula is C14H18Cl2N2O2. The first kappa shape index (κ1) is 15.4. The molecular weight excluding hydrogens is 299 g/mol. The highest BCUT2D eigenvalue weighted by molar-refractivity contribution is 6.35. The Morgan fingerprint density at radius 1 is 1.45 bits per heavy atom. The largest absolute Gasteiger partial charge is 0.491 e. The minimum atomic E-state index is -0.0637. The molecule has 1 fully saturated rings. The predicted octanol–water partition coefficient (Wildman–Crippen LogP) is 2.62. The number of nitrogens with one attached hydrogen (secondary N) is 1. The van der Waals surface area contributed by atoms with E-state index in [1.807, 2.05) is 0 Å². The van der Waals surface area contributed by atoms with E-state index in [4.69, 9.17) is 33.7 Å². The van der Waals surface area contributed by atoms with E-state index in [9.17, 15) is 4.79 Å². The lowest BCUT2D eigenvalue weighted by Crippen LogP contribution is -2.38. The van der Waals surface area contributed by atoms with E-state index in [-0.39, 0.29) is 25.0 Å². The van der Waals surface area contributed by atoms with Gasteiger partial charge in [0.25, 0.3) is 0 Å². The fourth-order valence-electron chi connectivity index (χ4n) is 1.86. The van der Waals surface area contributed by atoms with Gasteiger partial charge in [-0.15, -0.1) is 0 Å². The van der Waals surface area contributed by atoms with E-state index in [1.54, 1.807) is 18.2 Å². The van der Waals surface area contributed by atoms with Gasteiger partial charge in [-0.2, -0.15) is 0 Å². The van der Waals surface area contributed by atoms with Gasteiger partial charge in [0.05, 0.1) is 18.1 Å². The lowest BCUT2D eigenvalue weighted by molar-refractivity contribution is -0.121. The van der Waals surface area contributed by atoms with Crippen molar-refractivity contribution in [1.82, 2.24) is 5.32 Å². The minimum absolute atomic E-state index is 0.0637. The summed E-state index contributed by atoms with van der Waals surface area (Å²) in [7, 11) is 0. The topological polar surface area (TPSA) is 64.3 Å². The zero-order chi connectivity index (χ0) is 14.5. The Labute approximate surface area is 128 Å². The van der Waals surface area contributed by atoms with Gasteiger partial charge in [0.1, 0.15) is 5.75 Å². The Hall–Kier alpha value is -0.970. The van der Waals surface area contributed by atoms with Crippen LogP contribution in [0.4, 0.5) is 0 Å². The number of halogens is 2. The van der Waals surface area contributed by atoms with E-state index in [0.717, 1.165) is 0 Å². The van der Waals surface area contributed by atoms with Crippen LogP contribution in [-0.4, -0.2) is 25.1 Å². The van der Waals surface area contributed by atoms with Gasteiger partial charge in [0, 0.05) is 17.6 Å². The van der Waals surface area contributed by atoms with E-state index in [0.29, 0.717) is 28.3 Å². The van der Waals surface area contributed by atoms with Crippen molar-refractivity contribution in [1.29, 1.82) is 0 Å². The molecule has 0 bridgehead atoms.